The minimum atomic E-state index is 0. The molecule has 4 heavy (non-hydrogen) atoms. The topological polar surface area (TPSA) is 20.2 Å². The van der Waals surface area contributed by atoms with Crippen LogP contribution in [-0.4, -0.2) is 27.2 Å². The molecule has 0 aromatic carbocycles. The first kappa shape index (κ1) is 27.3. The average Bonchev–Trinajstić information content (AvgIpc) is 1.00. The van der Waals surface area contributed by atoms with Crippen molar-refractivity contribution in [3.63, 3.8) is 0 Å². The average molecular weight is 100 g/mol. The molecule has 0 aliphatic heterocycles. The summed E-state index contributed by atoms with van der Waals surface area (Å²) < 4.78 is 8.50. The Morgan fingerprint density at radius 1 is 1.00 bits per heavy atom. The standard InChI is InChI=1S/FHO.2H4Si/c1-2;;/h2H;2*1H4. The molecule has 0 aromatic heterocycles. The molecule has 0 saturated carbocycles. The predicted octanol–water partition coefficient (Wildman–Crippen LogP) is -3.04. The highest BCUT2D eigenvalue weighted by Crippen LogP contribution is 1.13. The van der Waals surface area contributed by atoms with Gasteiger partial charge < -0.3 is 0 Å². The fourth-order valence-corrected chi connectivity index (χ4v) is 0. The number of hydrogen-bond donors (Lipinski definition) is 1. The summed E-state index contributed by atoms with van der Waals surface area (Å²) in [7, 11) is 0. The number of hydrogen-bond acceptors (Lipinski definition) is 1. The van der Waals surface area contributed by atoms with Crippen molar-refractivity contribution in [3.05, 3.63) is 0 Å². The van der Waals surface area contributed by atoms with Crippen LogP contribution in [-0.2, 0) is 0 Å². The van der Waals surface area contributed by atoms with Gasteiger partial charge >= 0.3 is 0 Å². The van der Waals surface area contributed by atoms with Gasteiger partial charge in [0.05, 0.1) is 0 Å². The van der Waals surface area contributed by atoms with E-state index in [4.69, 9.17) is 9.84 Å². The third-order valence-corrected chi connectivity index (χ3v) is 0. The van der Waals surface area contributed by atoms with Crippen molar-refractivity contribution in [3.8, 4) is 0 Å². The van der Waals surface area contributed by atoms with Gasteiger partial charge in [0.2, 0.25) is 0 Å². The highest BCUT2D eigenvalue weighted by atomic mass is 28.1. The van der Waals surface area contributed by atoms with Crippen LogP contribution in [0.2, 0.25) is 0 Å². The monoisotopic (exact) mass is 100 g/mol. The van der Waals surface area contributed by atoms with Crippen LogP contribution in [0.25, 0.3) is 0 Å². The van der Waals surface area contributed by atoms with Crippen LogP contribution in [0, 0.1) is 0 Å². The van der Waals surface area contributed by atoms with Gasteiger partial charge in [-0.05, 0) is 21.9 Å². The van der Waals surface area contributed by atoms with Crippen LogP contribution < -0.4 is 0 Å². The fraction of sp³-hybridized carbons (Fsp3) is 0. The van der Waals surface area contributed by atoms with E-state index in [0.717, 1.165) is 0 Å². The van der Waals surface area contributed by atoms with Crippen molar-refractivity contribution in [2.75, 3.05) is 0 Å². The molecule has 0 aromatic rings. The van der Waals surface area contributed by atoms with E-state index in [1.54, 1.807) is 0 Å². The fourth-order valence-electron chi connectivity index (χ4n) is 0. The van der Waals surface area contributed by atoms with E-state index in [1.165, 1.54) is 0 Å². The second-order valence-electron chi connectivity index (χ2n) is 0. The Bertz CT molecular complexity index is 6.00. The Balaban J connectivity index is -0.00000000500. The number of rotatable bonds is 0. The van der Waals surface area contributed by atoms with Gasteiger partial charge in [-0.25, -0.2) is 5.31 Å². The predicted molar refractivity (Wildman–Crippen MR) is 26.0 cm³/mol. The summed E-state index contributed by atoms with van der Waals surface area (Å²) in [5.74, 6) is 0. The first-order valence-electron chi connectivity index (χ1n) is 0.169. The first-order chi connectivity index (χ1) is 1.00. The normalized spacial score (nSPS) is 1.50. The summed E-state index contributed by atoms with van der Waals surface area (Å²) in [5, 5.41) is 5.50. The van der Waals surface area contributed by atoms with E-state index >= 15 is 0 Å². The Labute approximate surface area is 32.8 Å². The van der Waals surface area contributed by atoms with Gasteiger partial charge in [0.25, 0.3) is 0 Å². The molecule has 0 rings (SSSR count). The Morgan fingerprint density at radius 2 is 1.00 bits per heavy atom. The SMILES string of the molecule is OF.[SiH4].[SiH4]. The maximum Gasteiger partial charge on any atom is -0.0149 e. The van der Waals surface area contributed by atoms with Crippen molar-refractivity contribution in [2.24, 2.45) is 0 Å². The zero-order chi connectivity index (χ0) is 2.00. The summed E-state index contributed by atoms with van der Waals surface area (Å²) in [4.78, 5) is 0. The summed E-state index contributed by atoms with van der Waals surface area (Å²) in [6.45, 7) is 0. The molecule has 30 valence electrons. The third kappa shape index (κ3) is 38.8. The highest BCUT2D eigenvalue weighted by Gasteiger charge is 0.873. The quantitative estimate of drug-likeness (QED) is 0.321. The molecule has 0 spiro atoms. The van der Waals surface area contributed by atoms with Crippen LogP contribution >= 0.6 is 0 Å². The van der Waals surface area contributed by atoms with E-state index < -0.39 is 0 Å². The smallest absolute Gasteiger partial charge is 0.0149 e. The second kappa shape index (κ2) is 171. The zero-order valence-electron chi connectivity index (χ0n) is 0.825. The van der Waals surface area contributed by atoms with Crippen molar-refractivity contribution in [2.45, 2.75) is 0 Å². The molecular formula is H9FOSi2. The molecule has 1 nitrogen and oxygen atoms in total. The third-order valence-electron chi connectivity index (χ3n) is 0. The molecule has 4 heteroatoms. The summed E-state index contributed by atoms with van der Waals surface area (Å²) in [6, 6.07) is 0. The molecule has 1 N–H and O–H groups in total. The summed E-state index contributed by atoms with van der Waals surface area (Å²) in [6.07, 6.45) is 0. The lowest BCUT2D eigenvalue weighted by molar-refractivity contribution is -0.0441. The summed E-state index contributed by atoms with van der Waals surface area (Å²) in [5.41, 5.74) is 0. The largest absolute Gasteiger partial charge is 0.209 e. The molecule has 0 atom stereocenters. The number of halogens is 1. The lowest BCUT2D eigenvalue weighted by Crippen LogP contribution is -0.996. The second-order valence-corrected chi connectivity index (χ2v) is 0. The molecule has 0 unspecified atom stereocenters. The van der Waals surface area contributed by atoms with Gasteiger partial charge in [-0.15, -0.1) is 0 Å². The van der Waals surface area contributed by atoms with Gasteiger partial charge in [0.1, 0.15) is 0 Å². The highest BCUT2D eigenvalue weighted by molar-refractivity contribution is 5.76. The molecule has 0 aliphatic rings. The van der Waals surface area contributed by atoms with E-state index in [-0.39, 0.29) is 21.9 Å². The Kier molecular flexibility index (Phi) is 1170. The van der Waals surface area contributed by atoms with Crippen molar-refractivity contribution < 1.29 is 9.84 Å². The van der Waals surface area contributed by atoms with Gasteiger partial charge in [-0.2, -0.15) is 0 Å². The maximum absolute atomic E-state index is 8.50. The molecule has 0 aliphatic carbocycles. The van der Waals surface area contributed by atoms with Crippen molar-refractivity contribution in [1.82, 2.24) is 0 Å². The molecule has 0 saturated heterocycles. The van der Waals surface area contributed by atoms with Crippen LogP contribution in [0.1, 0.15) is 0 Å². The maximum atomic E-state index is 8.50. The van der Waals surface area contributed by atoms with Crippen molar-refractivity contribution in [1.29, 1.82) is 0 Å². The summed E-state index contributed by atoms with van der Waals surface area (Å²) >= 11 is 0. The first-order valence-corrected chi connectivity index (χ1v) is 0.169. The van der Waals surface area contributed by atoms with E-state index in [9.17, 15) is 0 Å². The van der Waals surface area contributed by atoms with Crippen LogP contribution in [0.3, 0.4) is 0 Å². The molecule has 0 radical (unpaired) electrons. The van der Waals surface area contributed by atoms with Crippen molar-refractivity contribution >= 4 is 21.9 Å². The van der Waals surface area contributed by atoms with Gasteiger partial charge in [-0.1, -0.05) is 4.53 Å². The Morgan fingerprint density at radius 3 is 1.00 bits per heavy atom. The Hall–Kier alpha value is 0.324. The molecular weight excluding hydrogens is 91.2 g/mol. The van der Waals surface area contributed by atoms with E-state index in [1.807, 2.05) is 0 Å². The molecule has 0 fully saturated rings. The van der Waals surface area contributed by atoms with Crippen LogP contribution in [0.4, 0.5) is 4.53 Å². The lowest BCUT2D eigenvalue weighted by Gasteiger charge is -1.13. The van der Waals surface area contributed by atoms with E-state index in [2.05, 4.69) is 0 Å². The molecule has 0 bridgehead atoms. The van der Waals surface area contributed by atoms with E-state index in [0.29, 0.717) is 0 Å². The van der Waals surface area contributed by atoms with Crippen LogP contribution in [0.5, 0.6) is 0 Å². The minimum absolute atomic E-state index is 0. The van der Waals surface area contributed by atoms with Gasteiger partial charge in [0, 0.05) is 0 Å². The minimum Gasteiger partial charge on any atom is -0.209 e. The van der Waals surface area contributed by atoms with Gasteiger partial charge in [0.15, 0.2) is 0 Å². The zero-order valence-corrected chi connectivity index (χ0v) is 0.825. The lowest BCUT2D eigenvalue weighted by atomic mass is 15.7. The molecule has 0 heterocycles. The van der Waals surface area contributed by atoms with Gasteiger partial charge in [-0.3, -0.25) is 0 Å². The molecule has 0 amide bonds. The van der Waals surface area contributed by atoms with Crippen LogP contribution in [0.15, 0.2) is 0 Å².